The highest BCUT2D eigenvalue weighted by molar-refractivity contribution is 5.90. The van der Waals surface area contributed by atoms with Gasteiger partial charge in [0.05, 0.1) is 11.4 Å². The number of aromatic nitrogens is 2. The van der Waals surface area contributed by atoms with Crippen molar-refractivity contribution in [3.8, 4) is 0 Å². The van der Waals surface area contributed by atoms with Crippen molar-refractivity contribution in [1.29, 1.82) is 0 Å². The third-order valence-corrected chi connectivity index (χ3v) is 6.34. The summed E-state index contributed by atoms with van der Waals surface area (Å²) in [5.41, 5.74) is 2.04. The predicted octanol–water partition coefficient (Wildman–Crippen LogP) is 4.73. The molecule has 1 atom stereocenters. The predicted molar refractivity (Wildman–Crippen MR) is 131 cm³/mol. The lowest BCUT2D eigenvalue weighted by molar-refractivity contribution is -0.123. The highest BCUT2D eigenvalue weighted by atomic mass is 16.1. The van der Waals surface area contributed by atoms with Crippen molar-refractivity contribution in [2.45, 2.75) is 57.0 Å². The number of anilines is 2. The molecule has 0 saturated heterocycles. The summed E-state index contributed by atoms with van der Waals surface area (Å²) in [4.78, 5) is 24.4. The lowest BCUT2D eigenvalue weighted by atomic mass is 9.89. The van der Waals surface area contributed by atoms with E-state index in [1.54, 1.807) is 0 Å². The van der Waals surface area contributed by atoms with Gasteiger partial charge in [-0.2, -0.15) is 4.98 Å². The van der Waals surface area contributed by atoms with E-state index in [1.807, 2.05) is 67.5 Å². The number of amides is 1. The van der Waals surface area contributed by atoms with E-state index >= 15 is 0 Å². The number of fused-ring (bicyclic) bond motifs is 1. The zero-order valence-electron chi connectivity index (χ0n) is 19.2. The Morgan fingerprint density at radius 3 is 2.31 bits per heavy atom. The quantitative estimate of drug-likeness (QED) is 0.566. The van der Waals surface area contributed by atoms with Gasteiger partial charge in [-0.05, 0) is 49.8 Å². The van der Waals surface area contributed by atoms with Crippen molar-refractivity contribution in [3.05, 3.63) is 60.2 Å². The summed E-state index contributed by atoms with van der Waals surface area (Å²) < 4.78 is 0. The second-order valence-electron chi connectivity index (χ2n) is 8.86. The molecule has 0 bridgehead atoms. The van der Waals surface area contributed by atoms with E-state index in [0.29, 0.717) is 12.0 Å². The fourth-order valence-electron chi connectivity index (χ4n) is 4.59. The van der Waals surface area contributed by atoms with E-state index in [-0.39, 0.29) is 17.9 Å². The SMILES string of the molecule is CCC(C(=O)NC1CCC(Nc2nc(N(C)C)c3ccccc3n2)CC1)c1ccccc1. The summed E-state index contributed by atoms with van der Waals surface area (Å²) in [6.45, 7) is 2.07. The molecule has 1 amide bonds. The number of hydrogen-bond acceptors (Lipinski definition) is 5. The minimum Gasteiger partial charge on any atom is -0.362 e. The van der Waals surface area contributed by atoms with Gasteiger partial charge in [0, 0.05) is 31.6 Å². The van der Waals surface area contributed by atoms with E-state index in [1.165, 1.54) is 0 Å². The second-order valence-corrected chi connectivity index (χ2v) is 8.86. The Labute approximate surface area is 190 Å². The van der Waals surface area contributed by atoms with Crippen LogP contribution in [0.5, 0.6) is 0 Å². The molecule has 1 aliphatic rings. The van der Waals surface area contributed by atoms with Crippen LogP contribution in [0.4, 0.5) is 11.8 Å². The maximum Gasteiger partial charge on any atom is 0.227 e. The molecular formula is C26H33N5O. The molecule has 168 valence electrons. The van der Waals surface area contributed by atoms with Gasteiger partial charge in [-0.1, -0.05) is 49.4 Å². The minimum absolute atomic E-state index is 0.0810. The molecule has 6 heteroatoms. The van der Waals surface area contributed by atoms with Crippen molar-refractivity contribution in [3.63, 3.8) is 0 Å². The van der Waals surface area contributed by atoms with Crippen LogP contribution in [0, 0.1) is 0 Å². The van der Waals surface area contributed by atoms with Gasteiger partial charge < -0.3 is 15.5 Å². The number of benzene rings is 2. The molecule has 2 N–H and O–H groups in total. The highest BCUT2D eigenvalue weighted by Gasteiger charge is 2.26. The minimum atomic E-state index is -0.0810. The van der Waals surface area contributed by atoms with Crippen LogP contribution in [0.25, 0.3) is 10.9 Å². The monoisotopic (exact) mass is 431 g/mol. The molecule has 3 aromatic rings. The molecule has 32 heavy (non-hydrogen) atoms. The topological polar surface area (TPSA) is 70.2 Å². The Hall–Kier alpha value is -3.15. The molecule has 0 radical (unpaired) electrons. The first kappa shape index (κ1) is 22.1. The van der Waals surface area contributed by atoms with Crippen LogP contribution in [0.1, 0.15) is 50.5 Å². The zero-order chi connectivity index (χ0) is 22.5. The van der Waals surface area contributed by atoms with Crippen molar-refractivity contribution in [1.82, 2.24) is 15.3 Å². The fraction of sp³-hybridized carbons (Fsp3) is 0.423. The van der Waals surface area contributed by atoms with Gasteiger partial charge in [-0.25, -0.2) is 4.98 Å². The first-order chi connectivity index (χ1) is 15.5. The van der Waals surface area contributed by atoms with Gasteiger partial charge >= 0.3 is 0 Å². The average molecular weight is 432 g/mol. The molecule has 1 aromatic heterocycles. The summed E-state index contributed by atoms with van der Waals surface area (Å²) in [6.07, 6.45) is 4.70. The molecule has 1 heterocycles. The van der Waals surface area contributed by atoms with E-state index in [9.17, 15) is 4.79 Å². The first-order valence-corrected chi connectivity index (χ1v) is 11.6. The summed E-state index contributed by atoms with van der Waals surface area (Å²) >= 11 is 0. The smallest absolute Gasteiger partial charge is 0.227 e. The van der Waals surface area contributed by atoms with Gasteiger partial charge in [0.25, 0.3) is 0 Å². The molecule has 0 spiro atoms. The highest BCUT2D eigenvalue weighted by Crippen LogP contribution is 2.27. The summed E-state index contributed by atoms with van der Waals surface area (Å²) in [5.74, 6) is 1.66. The lowest BCUT2D eigenvalue weighted by Crippen LogP contribution is -2.42. The van der Waals surface area contributed by atoms with E-state index < -0.39 is 0 Å². The van der Waals surface area contributed by atoms with Gasteiger partial charge in [-0.3, -0.25) is 4.79 Å². The second kappa shape index (κ2) is 9.98. The van der Waals surface area contributed by atoms with Crippen LogP contribution in [0.3, 0.4) is 0 Å². The third-order valence-electron chi connectivity index (χ3n) is 6.34. The standard InChI is InChI=1S/C26H33N5O/c1-4-21(18-10-6-5-7-11-18)25(32)27-19-14-16-20(17-15-19)28-26-29-23-13-9-8-12-22(23)24(30-26)31(2)3/h5-13,19-21H,4,14-17H2,1-3H3,(H,27,32)(H,28,29,30). The Morgan fingerprint density at radius 1 is 0.969 bits per heavy atom. The van der Waals surface area contributed by atoms with Crippen molar-refractivity contribution in [2.24, 2.45) is 0 Å². The first-order valence-electron chi connectivity index (χ1n) is 11.6. The van der Waals surface area contributed by atoms with Crippen LogP contribution < -0.4 is 15.5 Å². The Balaban J connectivity index is 1.36. The number of rotatable bonds is 7. The zero-order valence-corrected chi connectivity index (χ0v) is 19.2. The van der Waals surface area contributed by atoms with E-state index in [2.05, 4.69) is 23.6 Å². The summed E-state index contributed by atoms with van der Waals surface area (Å²) in [6, 6.07) is 18.7. The number of nitrogens with one attached hydrogen (secondary N) is 2. The fourth-order valence-corrected chi connectivity index (χ4v) is 4.59. The molecule has 2 aromatic carbocycles. The van der Waals surface area contributed by atoms with Gasteiger partial charge in [0.15, 0.2) is 0 Å². The molecule has 0 aliphatic heterocycles. The number of carbonyl (C=O) groups excluding carboxylic acids is 1. The van der Waals surface area contributed by atoms with Crippen molar-refractivity contribution < 1.29 is 4.79 Å². The Morgan fingerprint density at radius 2 is 1.62 bits per heavy atom. The van der Waals surface area contributed by atoms with Gasteiger partial charge in [0.2, 0.25) is 11.9 Å². The number of hydrogen-bond donors (Lipinski definition) is 2. The number of para-hydroxylation sites is 1. The Bertz CT molecular complexity index is 1040. The molecule has 1 saturated carbocycles. The van der Waals surface area contributed by atoms with Gasteiger partial charge in [0.1, 0.15) is 5.82 Å². The molecule has 4 rings (SSSR count). The van der Waals surface area contributed by atoms with E-state index in [4.69, 9.17) is 9.97 Å². The molecule has 1 fully saturated rings. The third kappa shape index (κ3) is 5.01. The van der Waals surface area contributed by atoms with Gasteiger partial charge in [-0.15, -0.1) is 0 Å². The van der Waals surface area contributed by atoms with Crippen molar-refractivity contribution >= 4 is 28.6 Å². The van der Waals surface area contributed by atoms with Crippen LogP contribution in [0.2, 0.25) is 0 Å². The molecule has 1 unspecified atom stereocenters. The van der Waals surface area contributed by atoms with Crippen LogP contribution in [-0.2, 0) is 4.79 Å². The van der Waals surface area contributed by atoms with Crippen molar-refractivity contribution in [2.75, 3.05) is 24.3 Å². The molecule has 6 nitrogen and oxygen atoms in total. The van der Waals surface area contributed by atoms with Crippen LogP contribution >= 0.6 is 0 Å². The molecular weight excluding hydrogens is 398 g/mol. The Kier molecular flexibility index (Phi) is 6.88. The van der Waals surface area contributed by atoms with E-state index in [0.717, 1.165) is 54.4 Å². The lowest BCUT2D eigenvalue weighted by Gasteiger charge is -2.31. The normalized spacial score (nSPS) is 19.3. The maximum atomic E-state index is 12.9. The number of nitrogens with zero attached hydrogens (tertiary/aromatic N) is 3. The summed E-state index contributed by atoms with van der Waals surface area (Å²) in [7, 11) is 4.01. The summed E-state index contributed by atoms with van der Waals surface area (Å²) in [5, 5.41) is 7.89. The van der Waals surface area contributed by atoms with Crippen LogP contribution in [-0.4, -0.2) is 42.1 Å². The average Bonchev–Trinajstić information content (AvgIpc) is 2.81. The largest absolute Gasteiger partial charge is 0.362 e. The molecule has 1 aliphatic carbocycles. The maximum absolute atomic E-state index is 12.9. The van der Waals surface area contributed by atoms with Crippen LogP contribution in [0.15, 0.2) is 54.6 Å². The number of carbonyl (C=O) groups is 1.